The Bertz CT molecular complexity index is 946. The highest BCUT2D eigenvalue weighted by atomic mass is 35.5. The van der Waals surface area contributed by atoms with Crippen LogP contribution in [0.4, 0.5) is 11.4 Å². The molecule has 0 fully saturated rings. The van der Waals surface area contributed by atoms with E-state index in [1.165, 1.54) is 6.26 Å². The zero-order valence-corrected chi connectivity index (χ0v) is 16.2. The minimum absolute atomic E-state index is 0.0244. The molecule has 0 bridgehead atoms. The normalized spacial score (nSPS) is 10.2. The minimum Gasteiger partial charge on any atom is -0.492 e. The maximum atomic E-state index is 12.2. The number of amides is 2. The highest BCUT2D eigenvalue weighted by Crippen LogP contribution is 2.26. The summed E-state index contributed by atoms with van der Waals surface area (Å²) < 4.78 is 10.6. The van der Waals surface area contributed by atoms with Crippen molar-refractivity contribution in [2.75, 3.05) is 30.3 Å². The van der Waals surface area contributed by atoms with Gasteiger partial charge in [-0.3, -0.25) is 9.59 Å². The van der Waals surface area contributed by atoms with Crippen molar-refractivity contribution in [2.24, 2.45) is 0 Å². The van der Waals surface area contributed by atoms with Crippen LogP contribution in [0.2, 0.25) is 5.02 Å². The smallest absolute Gasteiger partial charge is 0.291 e. The molecule has 0 unspecified atom stereocenters. The standard InChI is InChI=1S/C21H20ClN3O4/c22-15-8-9-17(18(13-15)25-21(27)19-7-4-11-29-19)24-14-20(26)23-10-12-28-16-5-2-1-3-6-16/h1-9,11,13,24H,10,12,14H2,(H,23,26)(H,25,27). The first-order valence-electron chi connectivity index (χ1n) is 8.94. The summed E-state index contributed by atoms with van der Waals surface area (Å²) in [6.07, 6.45) is 1.41. The lowest BCUT2D eigenvalue weighted by Crippen LogP contribution is -2.33. The monoisotopic (exact) mass is 413 g/mol. The zero-order chi connectivity index (χ0) is 20.5. The Kier molecular flexibility index (Phi) is 7.13. The van der Waals surface area contributed by atoms with Crippen LogP contribution >= 0.6 is 11.6 Å². The molecule has 0 saturated heterocycles. The minimum atomic E-state index is -0.414. The first-order valence-corrected chi connectivity index (χ1v) is 9.32. The van der Waals surface area contributed by atoms with Crippen molar-refractivity contribution >= 4 is 34.8 Å². The molecule has 8 heteroatoms. The van der Waals surface area contributed by atoms with E-state index in [-0.39, 0.29) is 18.2 Å². The third-order valence-corrected chi connectivity index (χ3v) is 4.09. The highest BCUT2D eigenvalue weighted by Gasteiger charge is 2.12. The van der Waals surface area contributed by atoms with E-state index >= 15 is 0 Å². The molecular weight excluding hydrogens is 394 g/mol. The van der Waals surface area contributed by atoms with Gasteiger partial charge in [-0.1, -0.05) is 29.8 Å². The van der Waals surface area contributed by atoms with Crippen LogP contribution in [0, 0.1) is 0 Å². The third kappa shape index (κ3) is 6.29. The summed E-state index contributed by atoms with van der Waals surface area (Å²) >= 11 is 6.03. The van der Waals surface area contributed by atoms with Crippen LogP contribution in [0.3, 0.4) is 0 Å². The van der Waals surface area contributed by atoms with Crippen LogP contribution in [-0.2, 0) is 4.79 Å². The van der Waals surface area contributed by atoms with Gasteiger partial charge in [-0.15, -0.1) is 0 Å². The first-order chi connectivity index (χ1) is 14.1. The molecule has 7 nitrogen and oxygen atoms in total. The second-order valence-corrected chi connectivity index (χ2v) is 6.42. The fourth-order valence-electron chi connectivity index (χ4n) is 2.48. The van der Waals surface area contributed by atoms with Crippen LogP contribution in [0.1, 0.15) is 10.6 Å². The van der Waals surface area contributed by atoms with Crippen molar-refractivity contribution in [1.82, 2.24) is 5.32 Å². The second-order valence-electron chi connectivity index (χ2n) is 5.99. The quantitative estimate of drug-likeness (QED) is 0.464. The van der Waals surface area contributed by atoms with Gasteiger partial charge in [0.1, 0.15) is 12.4 Å². The number of furan rings is 1. The molecule has 0 spiro atoms. The maximum Gasteiger partial charge on any atom is 0.291 e. The molecule has 0 aliphatic rings. The third-order valence-electron chi connectivity index (χ3n) is 3.85. The summed E-state index contributed by atoms with van der Waals surface area (Å²) in [6.45, 7) is 0.760. The number of nitrogens with one attached hydrogen (secondary N) is 3. The Morgan fingerprint density at radius 2 is 1.83 bits per heavy atom. The molecule has 0 aliphatic carbocycles. The fourth-order valence-corrected chi connectivity index (χ4v) is 2.65. The number of halogens is 1. The van der Waals surface area contributed by atoms with E-state index in [1.807, 2.05) is 30.3 Å². The number of anilines is 2. The second kappa shape index (κ2) is 10.2. The number of benzene rings is 2. The lowest BCUT2D eigenvalue weighted by molar-refractivity contribution is -0.119. The van der Waals surface area contributed by atoms with Crippen LogP contribution in [0.5, 0.6) is 5.75 Å². The Morgan fingerprint density at radius 1 is 1.00 bits per heavy atom. The molecule has 2 amide bonds. The van der Waals surface area contributed by atoms with Crippen molar-refractivity contribution in [3.8, 4) is 5.75 Å². The van der Waals surface area contributed by atoms with E-state index in [9.17, 15) is 9.59 Å². The summed E-state index contributed by atoms with van der Waals surface area (Å²) in [6, 6.07) is 17.5. The number of para-hydroxylation sites is 1. The van der Waals surface area contributed by atoms with Crippen molar-refractivity contribution in [3.05, 3.63) is 77.7 Å². The predicted molar refractivity (Wildman–Crippen MR) is 112 cm³/mol. The van der Waals surface area contributed by atoms with Crippen LogP contribution < -0.4 is 20.7 Å². The van der Waals surface area contributed by atoms with Crippen molar-refractivity contribution in [1.29, 1.82) is 0 Å². The summed E-state index contributed by atoms with van der Waals surface area (Å²) in [5, 5.41) is 8.92. The van der Waals surface area contributed by atoms with Crippen LogP contribution in [-0.4, -0.2) is 31.5 Å². The Morgan fingerprint density at radius 3 is 2.59 bits per heavy atom. The van der Waals surface area contributed by atoms with Gasteiger partial charge < -0.3 is 25.1 Å². The summed E-state index contributed by atoms with van der Waals surface area (Å²) in [5.74, 6) is 0.299. The maximum absolute atomic E-state index is 12.2. The molecule has 0 atom stereocenters. The predicted octanol–water partition coefficient (Wildman–Crippen LogP) is 3.79. The average molecular weight is 414 g/mol. The number of hydrogen-bond donors (Lipinski definition) is 3. The van der Waals surface area contributed by atoms with E-state index in [0.717, 1.165) is 5.75 Å². The van der Waals surface area contributed by atoms with E-state index in [0.29, 0.717) is 29.5 Å². The van der Waals surface area contributed by atoms with Crippen molar-refractivity contribution in [2.45, 2.75) is 0 Å². The van der Waals surface area contributed by atoms with E-state index in [2.05, 4.69) is 16.0 Å². The van der Waals surface area contributed by atoms with Gasteiger partial charge in [0.25, 0.3) is 5.91 Å². The van der Waals surface area contributed by atoms with Crippen molar-refractivity contribution < 1.29 is 18.7 Å². The van der Waals surface area contributed by atoms with Gasteiger partial charge in [0.15, 0.2) is 5.76 Å². The first kappa shape index (κ1) is 20.3. The summed E-state index contributed by atoms with van der Waals surface area (Å²) in [4.78, 5) is 24.3. The molecular formula is C21H20ClN3O4. The Labute approximate surface area is 173 Å². The van der Waals surface area contributed by atoms with Crippen LogP contribution in [0.25, 0.3) is 0 Å². The topological polar surface area (TPSA) is 92.6 Å². The molecule has 0 radical (unpaired) electrons. The molecule has 150 valence electrons. The number of rotatable bonds is 9. The van der Waals surface area contributed by atoms with Gasteiger partial charge in [-0.25, -0.2) is 0 Å². The van der Waals surface area contributed by atoms with E-state index in [4.69, 9.17) is 20.8 Å². The van der Waals surface area contributed by atoms with Gasteiger partial charge in [0.05, 0.1) is 30.7 Å². The molecule has 0 aliphatic heterocycles. The van der Waals surface area contributed by atoms with E-state index in [1.54, 1.807) is 30.3 Å². The summed E-state index contributed by atoms with van der Waals surface area (Å²) in [5.41, 5.74) is 1.00. The molecule has 0 saturated carbocycles. The summed E-state index contributed by atoms with van der Waals surface area (Å²) in [7, 11) is 0. The number of hydrogen-bond acceptors (Lipinski definition) is 5. The van der Waals surface area contributed by atoms with Gasteiger partial charge in [-0.2, -0.15) is 0 Å². The Hall–Kier alpha value is -3.45. The van der Waals surface area contributed by atoms with Gasteiger partial charge in [0, 0.05) is 5.02 Å². The van der Waals surface area contributed by atoms with Gasteiger partial charge >= 0.3 is 0 Å². The average Bonchev–Trinajstić information content (AvgIpc) is 3.26. The fraction of sp³-hybridized carbons (Fsp3) is 0.143. The molecule has 3 N–H and O–H groups in total. The Balaban J connectivity index is 1.48. The molecule has 3 rings (SSSR count). The lowest BCUT2D eigenvalue weighted by Gasteiger charge is -2.13. The van der Waals surface area contributed by atoms with Gasteiger partial charge in [0.2, 0.25) is 5.91 Å². The molecule has 2 aromatic carbocycles. The molecule has 1 heterocycles. The molecule has 3 aromatic rings. The molecule has 1 aromatic heterocycles. The largest absolute Gasteiger partial charge is 0.492 e. The lowest BCUT2D eigenvalue weighted by atomic mass is 10.2. The highest BCUT2D eigenvalue weighted by molar-refractivity contribution is 6.31. The van der Waals surface area contributed by atoms with Gasteiger partial charge in [-0.05, 0) is 42.5 Å². The zero-order valence-electron chi connectivity index (χ0n) is 15.5. The number of carbonyl (C=O) groups is 2. The number of carbonyl (C=O) groups excluding carboxylic acids is 2. The molecule has 29 heavy (non-hydrogen) atoms. The van der Waals surface area contributed by atoms with Crippen molar-refractivity contribution in [3.63, 3.8) is 0 Å². The number of ether oxygens (including phenoxy) is 1. The van der Waals surface area contributed by atoms with E-state index < -0.39 is 5.91 Å². The SMILES string of the molecule is O=C(CNc1ccc(Cl)cc1NC(=O)c1ccco1)NCCOc1ccccc1. The van der Waals surface area contributed by atoms with Crippen LogP contribution in [0.15, 0.2) is 71.3 Å².